The second-order valence-corrected chi connectivity index (χ2v) is 20.0. The van der Waals surface area contributed by atoms with E-state index in [9.17, 15) is 85.6 Å². The van der Waals surface area contributed by atoms with Crippen molar-refractivity contribution in [3.63, 3.8) is 0 Å². The summed E-state index contributed by atoms with van der Waals surface area (Å²) in [6, 6.07) is 0. The number of ketones is 3. The maximum atomic E-state index is 13.3. The first-order valence-electron chi connectivity index (χ1n) is 24.8. The van der Waals surface area contributed by atoms with Crippen molar-refractivity contribution in [2.24, 2.45) is 5.41 Å². The van der Waals surface area contributed by atoms with Gasteiger partial charge >= 0.3 is 0 Å². The molecule has 27 heteroatoms. The Morgan fingerprint density at radius 3 is 1.56 bits per heavy atom. The van der Waals surface area contributed by atoms with Gasteiger partial charge < -0.3 is 110 Å². The van der Waals surface area contributed by atoms with Gasteiger partial charge in [0, 0.05) is 31.2 Å². The van der Waals surface area contributed by atoms with E-state index >= 15 is 0 Å². The highest BCUT2D eigenvalue weighted by Crippen LogP contribution is 2.31. The number of rotatable bonds is 29. The molecule has 0 aromatic carbocycles. The fourth-order valence-corrected chi connectivity index (χ4v) is 8.47. The van der Waals surface area contributed by atoms with Gasteiger partial charge in [-0.2, -0.15) is 0 Å². The van der Waals surface area contributed by atoms with E-state index in [1.54, 1.807) is 0 Å². The van der Waals surface area contributed by atoms with Crippen LogP contribution < -0.4 is 5.32 Å². The topological polar surface area (TPSA) is 420 Å². The van der Waals surface area contributed by atoms with Crippen molar-refractivity contribution in [2.45, 2.75) is 202 Å². The second-order valence-electron chi connectivity index (χ2n) is 20.0. The Balaban J connectivity index is 1.36. The van der Waals surface area contributed by atoms with Crippen LogP contribution in [-0.2, 0) is 57.1 Å². The summed E-state index contributed by atoms with van der Waals surface area (Å²) in [5.74, 6) is -1.11. The summed E-state index contributed by atoms with van der Waals surface area (Å²) < 4.78 is 44.5. The average Bonchev–Trinajstić information content (AvgIpc) is 3.34. The number of aliphatic hydroxyl groups is 13. The summed E-state index contributed by atoms with van der Waals surface area (Å²) in [6.07, 6.45) is -29.4. The van der Waals surface area contributed by atoms with E-state index < -0.39 is 167 Å². The number of carbonyl (C=O) groups excluding carboxylic acids is 4. The van der Waals surface area contributed by atoms with Crippen LogP contribution in [-0.4, -0.2) is 277 Å². The maximum absolute atomic E-state index is 13.3. The van der Waals surface area contributed by atoms with Crippen LogP contribution in [0.1, 0.15) is 79.1 Å². The lowest BCUT2D eigenvalue weighted by Gasteiger charge is -2.46. The number of nitrogens with one attached hydrogen (secondary N) is 1. The summed E-state index contributed by atoms with van der Waals surface area (Å²) in [6.45, 7) is 3.01. The molecular weight excluding hydrogens is 980 g/mol. The zero-order valence-corrected chi connectivity index (χ0v) is 41.7. The van der Waals surface area contributed by atoms with Gasteiger partial charge in [0.15, 0.2) is 25.2 Å². The third-order valence-corrected chi connectivity index (χ3v) is 13.1. The first kappa shape index (κ1) is 63.1. The molecular formula is C46H80N2O25. The van der Waals surface area contributed by atoms with Gasteiger partial charge in [-0.1, -0.05) is 33.6 Å². The third-order valence-electron chi connectivity index (χ3n) is 13.1. The van der Waals surface area contributed by atoms with Crippen molar-refractivity contribution in [3.05, 3.63) is 0 Å². The van der Waals surface area contributed by atoms with Gasteiger partial charge in [-0.3, -0.25) is 24.1 Å². The van der Waals surface area contributed by atoms with E-state index in [4.69, 9.17) is 37.9 Å². The Labute approximate surface area is 422 Å². The van der Waals surface area contributed by atoms with E-state index in [2.05, 4.69) is 5.32 Å². The highest BCUT2D eigenvalue weighted by atomic mass is 16.8. The molecule has 4 fully saturated rings. The molecule has 424 valence electrons. The minimum atomic E-state index is -1.97. The van der Waals surface area contributed by atoms with Crippen molar-refractivity contribution in [3.8, 4) is 0 Å². The molecule has 4 aliphatic heterocycles. The van der Waals surface area contributed by atoms with E-state index in [0.717, 1.165) is 6.42 Å². The molecule has 27 nitrogen and oxygen atoms in total. The smallest absolute Gasteiger partial charge is 0.234 e. The molecule has 1 amide bonds. The normalized spacial score (nSPS) is 37.3. The monoisotopic (exact) mass is 1060 g/mol. The van der Waals surface area contributed by atoms with Crippen LogP contribution in [0.4, 0.5) is 0 Å². The van der Waals surface area contributed by atoms with Gasteiger partial charge in [0.25, 0.3) is 0 Å². The van der Waals surface area contributed by atoms with Gasteiger partial charge in [0.2, 0.25) is 5.91 Å². The molecule has 4 rings (SSSR count). The average molecular weight is 1060 g/mol. The minimum absolute atomic E-state index is 0.0644. The first-order valence-corrected chi connectivity index (χ1v) is 24.8. The van der Waals surface area contributed by atoms with Crippen LogP contribution >= 0.6 is 0 Å². The lowest BCUT2D eigenvalue weighted by atomic mass is 9.88. The highest BCUT2D eigenvalue weighted by Gasteiger charge is 2.52. The Morgan fingerprint density at radius 1 is 0.507 bits per heavy atom. The lowest BCUT2D eigenvalue weighted by molar-refractivity contribution is -0.366. The van der Waals surface area contributed by atoms with Crippen molar-refractivity contribution in [1.29, 1.82) is 0 Å². The van der Waals surface area contributed by atoms with Crippen LogP contribution in [0.25, 0.3) is 0 Å². The predicted molar refractivity (Wildman–Crippen MR) is 244 cm³/mol. The Bertz CT molecular complexity index is 1690. The van der Waals surface area contributed by atoms with Crippen molar-refractivity contribution in [2.75, 3.05) is 59.2 Å². The van der Waals surface area contributed by atoms with Gasteiger partial charge in [0.05, 0.1) is 58.8 Å². The molecule has 0 saturated carbocycles. The number of hydrogen-bond donors (Lipinski definition) is 14. The fraction of sp³-hybridized carbons (Fsp3) is 0.913. The largest absolute Gasteiger partial charge is 0.394 e. The highest BCUT2D eigenvalue weighted by molar-refractivity contribution is 5.85. The minimum Gasteiger partial charge on any atom is -0.394 e. The zero-order valence-electron chi connectivity index (χ0n) is 41.7. The molecule has 0 aromatic rings. The van der Waals surface area contributed by atoms with E-state index in [1.807, 2.05) is 20.8 Å². The van der Waals surface area contributed by atoms with Crippen molar-refractivity contribution < 1.29 is 123 Å². The quantitative estimate of drug-likeness (QED) is 0.0310. The SMILES string of the molecule is C[C@@H]1O[C@@H](OCCCC(=O)CN(CC(=O)CCCCCCC(=O)C(C)(C)C)CC(=O)NCCO[C@H]2O[C@H](CO[C@H]3O[C@H](CO)[C@@H](O)[C@H](O)[C@@H]3O)[C@@H](O)[C@H](O[C@H]3O[C@H](CO)[C@@H](O)[C@H](O)[C@@H]3O)[C@@H]2O)[C@@H](O)[C@H](O)[C@@H]1O. The molecule has 20 atom stereocenters. The number of amides is 1. The summed E-state index contributed by atoms with van der Waals surface area (Å²) in [4.78, 5) is 53.2. The molecule has 4 heterocycles. The number of aliphatic hydroxyl groups excluding tert-OH is 13. The number of nitrogens with zero attached hydrogens (tertiary/aromatic N) is 1. The summed E-state index contributed by atoms with van der Waals surface area (Å²) in [5, 5.41) is 137. The summed E-state index contributed by atoms with van der Waals surface area (Å²) in [5.41, 5.74) is -0.439. The Morgan fingerprint density at radius 2 is 0.986 bits per heavy atom. The van der Waals surface area contributed by atoms with Gasteiger partial charge in [-0.05, 0) is 26.2 Å². The van der Waals surface area contributed by atoms with Gasteiger partial charge in [0.1, 0.15) is 109 Å². The Hall–Kier alpha value is -2.40. The van der Waals surface area contributed by atoms with E-state index in [-0.39, 0.29) is 62.9 Å². The lowest BCUT2D eigenvalue weighted by Crippen LogP contribution is -2.65. The number of carbonyl (C=O) groups is 4. The second kappa shape index (κ2) is 29.9. The van der Waals surface area contributed by atoms with E-state index in [0.29, 0.717) is 25.7 Å². The number of unbranched alkanes of at least 4 members (excludes halogenated alkanes) is 3. The summed E-state index contributed by atoms with van der Waals surface area (Å²) >= 11 is 0. The fourth-order valence-electron chi connectivity index (χ4n) is 8.47. The standard InChI is InChI=1S/C46H80N2O25/c1-22-30(55)34(59)37(62)42(69-22)66-14-9-11-24(52)17-48(16-23(51)10-7-5-6-8-12-28(53)46(2,3)4)18-29(54)47-13-15-67-44-40(65)41(73-45-39(64)36(61)32(57)26(20-50)71-45)33(58)27(72-44)21-68-43-38(63)35(60)31(56)25(19-49)70-43/h22,25-27,30-45,49-50,55-65H,5-21H2,1-4H3,(H,47,54)/t22-,25+,26+,27+,30+,31+,32+,33+,34+,35-,36-,37-,38-,39-,40-,41-,42+,43-,44-,45+/m0/s1. The molecule has 4 saturated heterocycles. The number of hydrogen-bond acceptors (Lipinski definition) is 26. The number of Topliss-reactive ketones (excluding diaryl/α,β-unsaturated/α-hetero) is 3. The van der Waals surface area contributed by atoms with Crippen LogP contribution in [0.5, 0.6) is 0 Å². The summed E-state index contributed by atoms with van der Waals surface area (Å²) in [7, 11) is 0. The van der Waals surface area contributed by atoms with E-state index in [1.165, 1.54) is 11.8 Å². The molecule has 0 bridgehead atoms. The number of ether oxygens (including phenoxy) is 8. The third kappa shape index (κ3) is 18.4. The molecule has 73 heavy (non-hydrogen) atoms. The molecule has 0 unspecified atom stereocenters. The van der Waals surface area contributed by atoms with Gasteiger partial charge in [-0.15, -0.1) is 0 Å². The Kier molecular flexibility index (Phi) is 25.9. The zero-order chi connectivity index (χ0) is 54.3. The van der Waals surface area contributed by atoms with Crippen LogP contribution in [0.2, 0.25) is 0 Å². The van der Waals surface area contributed by atoms with Crippen LogP contribution in [0.15, 0.2) is 0 Å². The van der Waals surface area contributed by atoms with Crippen LogP contribution in [0, 0.1) is 5.41 Å². The first-order chi connectivity index (χ1) is 34.4. The molecule has 14 N–H and O–H groups in total. The van der Waals surface area contributed by atoms with Crippen molar-refractivity contribution in [1.82, 2.24) is 10.2 Å². The maximum Gasteiger partial charge on any atom is 0.234 e. The molecule has 4 aliphatic rings. The van der Waals surface area contributed by atoms with Crippen molar-refractivity contribution >= 4 is 23.3 Å². The van der Waals surface area contributed by atoms with Crippen LogP contribution in [0.3, 0.4) is 0 Å². The molecule has 0 radical (unpaired) electrons. The predicted octanol–water partition coefficient (Wildman–Crippen LogP) is -6.41. The molecule has 0 aromatic heterocycles. The molecule has 0 aliphatic carbocycles. The van der Waals surface area contributed by atoms with Gasteiger partial charge in [-0.25, -0.2) is 0 Å². The molecule has 0 spiro atoms.